The summed E-state index contributed by atoms with van der Waals surface area (Å²) in [6.45, 7) is 2.49. The van der Waals surface area contributed by atoms with E-state index in [1.54, 1.807) is 6.92 Å². The standard InChI is InChI=1S/C14H17ClO3/c1-2-12(16)14(15)13(17)8-9-18-10-11-6-4-3-5-7-11/h3-7,16H,2,8-10H2,1H3. The second-order valence-electron chi connectivity index (χ2n) is 3.83. The molecule has 1 aromatic rings. The van der Waals surface area contributed by atoms with Crippen LogP contribution in [0.25, 0.3) is 0 Å². The number of benzene rings is 1. The molecule has 0 unspecified atom stereocenters. The van der Waals surface area contributed by atoms with Crippen LogP contribution in [0.3, 0.4) is 0 Å². The van der Waals surface area contributed by atoms with Crippen molar-refractivity contribution >= 4 is 17.4 Å². The molecule has 1 rings (SSSR count). The third-order valence-corrected chi connectivity index (χ3v) is 2.85. The minimum absolute atomic E-state index is 0.0651. The predicted octanol–water partition coefficient (Wildman–Crippen LogP) is 3.58. The molecule has 0 aliphatic rings. The molecule has 0 spiro atoms. The van der Waals surface area contributed by atoms with Gasteiger partial charge in [-0.25, -0.2) is 0 Å². The van der Waals surface area contributed by atoms with E-state index in [0.29, 0.717) is 19.6 Å². The van der Waals surface area contributed by atoms with Crippen LogP contribution in [0, 0.1) is 0 Å². The molecule has 1 aromatic carbocycles. The van der Waals surface area contributed by atoms with Gasteiger partial charge in [-0.2, -0.15) is 0 Å². The number of allylic oxidation sites excluding steroid dienone is 2. The second-order valence-corrected chi connectivity index (χ2v) is 4.20. The van der Waals surface area contributed by atoms with Crippen molar-refractivity contribution in [3.63, 3.8) is 0 Å². The average molecular weight is 269 g/mol. The first-order valence-electron chi connectivity index (χ1n) is 5.87. The van der Waals surface area contributed by atoms with Crippen molar-refractivity contribution in [3.8, 4) is 0 Å². The molecule has 1 N–H and O–H groups in total. The smallest absolute Gasteiger partial charge is 0.179 e. The summed E-state index contributed by atoms with van der Waals surface area (Å²) in [6, 6.07) is 9.71. The molecule has 0 amide bonds. The summed E-state index contributed by atoms with van der Waals surface area (Å²) in [6.07, 6.45) is 0.533. The highest BCUT2D eigenvalue weighted by atomic mass is 35.5. The number of Topliss-reactive ketones (excluding diaryl/α,β-unsaturated/α-hetero) is 1. The number of aliphatic hydroxyl groups excluding tert-OH is 1. The molecule has 0 aliphatic carbocycles. The molecule has 0 aromatic heterocycles. The van der Waals surface area contributed by atoms with Crippen LogP contribution >= 0.6 is 11.6 Å². The number of hydrogen-bond donors (Lipinski definition) is 1. The van der Waals surface area contributed by atoms with E-state index >= 15 is 0 Å². The van der Waals surface area contributed by atoms with Gasteiger partial charge in [0.05, 0.1) is 13.2 Å². The van der Waals surface area contributed by atoms with Crippen LogP contribution in [0.15, 0.2) is 41.1 Å². The van der Waals surface area contributed by atoms with Crippen molar-refractivity contribution in [2.75, 3.05) is 6.61 Å². The van der Waals surface area contributed by atoms with Gasteiger partial charge in [0.1, 0.15) is 10.8 Å². The maximum Gasteiger partial charge on any atom is 0.179 e. The summed E-state index contributed by atoms with van der Waals surface area (Å²) in [4.78, 5) is 11.5. The first kappa shape index (κ1) is 14.7. The molecule has 0 heterocycles. The number of aliphatic hydroxyl groups is 1. The number of ketones is 1. The maximum absolute atomic E-state index is 11.5. The summed E-state index contributed by atoms with van der Waals surface area (Å²) in [7, 11) is 0. The highest BCUT2D eigenvalue weighted by Crippen LogP contribution is 2.13. The van der Waals surface area contributed by atoms with Gasteiger partial charge in [0.25, 0.3) is 0 Å². The van der Waals surface area contributed by atoms with Gasteiger partial charge in [-0.05, 0) is 5.56 Å². The summed E-state index contributed by atoms with van der Waals surface area (Å²) in [5.41, 5.74) is 1.06. The molecule has 0 saturated heterocycles. The Labute approximate surface area is 112 Å². The van der Waals surface area contributed by atoms with Crippen molar-refractivity contribution in [2.45, 2.75) is 26.4 Å². The topological polar surface area (TPSA) is 46.5 Å². The Morgan fingerprint density at radius 2 is 2.00 bits per heavy atom. The summed E-state index contributed by atoms with van der Waals surface area (Å²) < 4.78 is 5.37. The Morgan fingerprint density at radius 3 is 2.61 bits per heavy atom. The van der Waals surface area contributed by atoms with E-state index in [-0.39, 0.29) is 23.0 Å². The molecule has 4 heteroatoms. The van der Waals surface area contributed by atoms with Gasteiger partial charge in [0.2, 0.25) is 0 Å². The Kier molecular flexibility index (Phi) is 6.47. The number of ether oxygens (including phenoxy) is 1. The zero-order valence-corrected chi connectivity index (χ0v) is 11.1. The van der Waals surface area contributed by atoms with E-state index in [1.807, 2.05) is 30.3 Å². The van der Waals surface area contributed by atoms with Crippen LogP contribution in [-0.2, 0) is 16.1 Å². The van der Waals surface area contributed by atoms with Gasteiger partial charge in [-0.1, -0.05) is 48.9 Å². The third kappa shape index (κ3) is 4.90. The van der Waals surface area contributed by atoms with E-state index in [4.69, 9.17) is 16.3 Å². The summed E-state index contributed by atoms with van der Waals surface area (Å²) >= 11 is 5.70. The zero-order valence-electron chi connectivity index (χ0n) is 10.4. The van der Waals surface area contributed by atoms with Gasteiger partial charge >= 0.3 is 0 Å². The monoisotopic (exact) mass is 268 g/mol. The van der Waals surface area contributed by atoms with Crippen molar-refractivity contribution in [3.05, 3.63) is 46.7 Å². The van der Waals surface area contributed by atoms with Crippen LogP contribution < -0.4 is 0 Å². The molecule has 3 nitrogen and oxygen atoms in total. The van der Waals surface area contributed by atoms with E-state index in [9.17, 15) is 9.90 Å². The molecule has 98 valence electrons. The van der Waals surface area contributed by atoms with Crippen molar-refractivity contribution in [1.82, 2.24) is 0 Å². The average Bonchev–Trinajstić information content (AvgIpc) is 2.42. The summed E-state index contributed by atoms with van der Waals surface area (Å²) in [5, 5.41) is 9.23. The second kappa shape index (κ2) is 7.90. The lowest BCUT2D eigenvalue weighted by molar-refractivity contribution is -0.116. The number of halogens is 1. The minimum Gasteiger partial charge on any atom is -0.511 e. The fourth-order valence-electron chi connectivity index (χ4n) is 1.36. The Morgan fingerprint density at radius 1 is 1.33 bits per heavy atom. The highest BCUT2D eigenvalue weighted by Gasteiger charge is 2.11. The van der Waals surface area contributed by atoms with Crippen LogP contribution in [0.1, 0.15) is 25.3 Å². The SMILES string of the molecule is CCC(O)=C(Cl)C(=O)CCOCc1ccccc1. The normalized spacial score (nSPS) is 12.1. The quantitative estimate of drug-likeness (QED) is 0.467. The Bertz CT molecular complexity index is 412. The van der Waals surface area contributed by atoms with E-state index in [0.717, 1.165) is 5.56 Å². The Balaban J connectivity index is 2.29. The van der Waals surface area contributed by atoms with Crippen LogP contribution in [0.5, 0.6) is 0 Å². The Hall–Kier alpha value is -1.32. The molecule has 0 radical (unpaired) electrons. The molecule has 18 heavy (non-hydrogen) atoms. The number of hydrogen-bond acceptors (Lipinski definition) is 3. The lowest BCUT2D eigenvalue weighted by Gasteiger charge is -2.04. The first-order chi connectivity index (χ1) is 8.65. The van der Waals surface area contributed by atoms with Crippen LogP contribution in [-0.4, -0.2) is 17.5 Å². The number of carbonyl (C=O) groups excluding carboxylic acids is 1. The van der Waals surface area contributed by atoms with Gasteiger partial charge in [-0.3, -0.25) is 4.79 Å². The van der Waals surface area contributed by atoms with Gasteiger partial charge in [-0.15, -0.1) is 0 Å². The van der Waals surface area contributed by atoms with E-state index < -0.39 is 0 Å². The molecule has 0 aliphatic heterocycles. The highest BCUT2D eigenvalue weighted by molar-refractivity contribution is 6.42. The fraction of sp³-hybridized carbons (Fsp3) is 0.357. The molecular formula is C14H17ClO3. The maximum atomic E-state index is 11.5. The number of rotatable bonds is 7. The third-order valence-electron chi connectivity index (χ3n) is 2.42. The zero-order chi connectivity index (χ0) is 13.4. The molecule has 0 saturated carbocycles. The van der Waals surface area contributed by atoms with Gasteiger partial charge in [0.15, 0.2) is 5.78 Å². The lowest BCUT2D eigenvalue weighted by atomic mass is 10.2. The van der Waals surface area contributed by atoms with Gasteiger partial charge in [0, 0.05) is 12.8 Å². The largest absolute Gasteiger partial charge is 0.511 e. The fourth-order valence-corrected chi connectivity index (χ4v) is 1.58. The van der Waals surface area contributed by atoms with Gasteiger partial charge < -0.3 is 9.84 Å². The molecule has 0 bridgehead atoms. The lowest BCUT2D eigenvalue weighted by Crippen LogP contribution is -2.06. The molecular weight excluding hydrogens is 252 g/mol. The van der Waals surface area contributed by atoms with Crippen LogP contribution in [0.4, 0.5) is 0 Å². The summed E-state index contributed by atoms with van der Waals surface area (Å²) in [5.74, 6) is -0.353. The molecule has 0 fully saturated rings. The van der Waals surface area contributed by atoms with Crippen molar-refractivity contribution in [2.24, 2.45) is 0 Å². The first-order valence-corrected chi connectivity index (χ1v) is 6.25. The van der Waals surface area contributed by atoms with Crippen molar-refractivity contribution < 1.29 is 14.6 Å². The predicted molar refractivity (Wildman–Crippen MR) is 71.5 cm³/mol. The minimum atomic E-state index is -0.288. The van der Waals surface area contributed by atoms with E-state index in [2.05, 4.69) is 0 Å². The molecule has 0 atom stereocenters. The van der Waals surface area contributed by atoms with E-state index in [1.165, 1.54) is 0 Å². The van der Waals surface area contributed by atoms with Crippen molar-refractivity contribution in [1.29, 1.82) is 0 Å². The van der Waals surface area contributed by atoms with Crippen LogP contribution in [0.2, 0.25) is 0 Å². The number of carbonyl (C=O) groups is 1.